The maximum Gasteiger partial charge on any atom is 0.153 e. The van der Waals surface area contributed by atoms with Crippen LogP contribution in [-0.4, -0.2) is 10.8 Å². The Morgan fingerprint density at radius 1 is 1.73 bits per heavy atom. The third kappa shape index (κ3) is 1.48. The van der Waals surface area contributed by atoms with E-state index in [-0.39, 0.29) is 0 Å². The number of aliphatic hydroxyl groups is 1. The Morgan fingerprint density at radius 3 is 2.82 bits per heavy atom. The van der Waals surface area contributed by atoms with E-state index in [1.54, 1.807) is 0 Å². The first-order valence-corrected chi connectivity index (χ1v) is 3.17. The molecule has 60 valence electrons. The first kappa shape index (κ1) is 7.98. The maximum absolute atomic E-state index is 13.1. The lowest BCUT2D eigenvalue weighted by Crippen LogP contribution is -2.19. The van der Waals surface area contributed by atoms with Gasteiger partial charge in [0.2, 0.25) is 0 Å². The van der Waals surface area contributed by atoms with Crippen LogP contribution in [0.2, 0.25) is 0 Å². The molecule has 11 heavy (non-hydrogen) atoms. The molecule has 3 heteroatoms. The highest BCUT2D eigenvalue weighted by atomic mass is 19.1. The van der Waals surface area contributed by atoms with Gasteiger partial charge in [0.15, 0.2) is 5.67 Å². The molecule has 0 spiro atoms. The van der Waals surface area contributed by atoms with E-state index >= 15 is 0 Å². The second kappa shape index (κ2) is 2.49. The molecule has 0 aromatic carbocycles. The fraction of sp³-hybridized carbons (Fsp3) is 0.250. The van der Waals surface area contributed by atoms with Gasteiger partial charge in [-0.3, -0.25) is 0 Å². The van der Waals surface area contributed by atoms with Gasteiger partial charge in [0.25, 0.3) is 0 Å². The molecule has 0 amide bonds. The molecule has 0 saturated heterocycles. The van der Waals surface area contributed by atoms with Gasteiger partial charge in [0, 0.05) is 6.42 Å². The average molecular weight is 158 g/mol. The lowest BCUT2D eigenvalue weighted by Gasteiger charge is -2.19. The minimum Gasteiger partial charge on any atom is -0.505 e. The summed E-state index contributed by atoms with van der Waals surface area (Å²) in [7, 11) is 0. The van der Waals surface area contributed by atoms with Crippen LogP contribution < -0.4 is 0 Å². The summed E-state index contributed by atoms with van der Waals surface area (Å²) >= 11 is 0. The monoisotopic (exact) mass is 158 g/mol. The predicted octanol–water partition coefficient (Wildman–Crippen LogP) is 2.58. The molecular formula is C8H8F2O. The summed E-state index contributed by atoms with van der Waals surface area (Å²) in [6, 6.07) is 0. The Bertz CT molecular complexity index is 242. The van der Waals surface area contributed by atoms with Gasteiger partial charge in [0.05, 0.1) is 0 Å². The first-order valence-electron chi connectivity index (χ1n) is 3.17. The number of rotatable bonds is 1. The quantitative estimate of drug-likeness (QED) is 0.581. The molecule has 1 atom stereocenters. The summed E-state index contributed by atoms with van der Waals surface area (Å²) in [5.41, 5.74) is -1.84. The summed E-state index contributed by atoms with van der Waals surface area (Å²) in [6.07, 6.45) is 2.63. The van der Waals surface area contributed by atoms with E-state index in [2.05, 4.69) is 6.58 Å². The molecule has 1 aliphatic rings. The molecule has 0 fully saturated rings. The number of hydrogen-bond acceptors (Lipinski definition) is 1. The van der Waals surface area contributed by atoms with E-state index in [0.717, 1.165) is 18.2 Å². The van der Waals surface area contributed by atoms with Gasteiger partial charge in [-0.05, 0) is 12.2 Å². The zero-order valence-electron chi connectivity index (χ0n) is 5.85. The fourth-order valence-corrected chi connectivity index (χ4v) is 0.835. The van der Waals surface area contributed by atoms with Gasteiger partial charge in [-0.1, -0.05) is 12.7 Å². The Balaban J connectivity index is 2.90. The maximum atomic E-state index is 13.1. The number of aliphatic hydroxyl groups excluding tert-OH is 1. The number of allylic oxidation sites excluding steroid dienone is 4. The normalized spacial score (nSPS) is 30.7. The van der Waals surface area contributed by atoms with Crippen molar-refractivity contribution in [2.24, 2.45) is 0 Å². The Hall–Kier alpha value is -1.12. The summed E-state index contributed by atoms with van der Waals surface area (Å²) in [5, 5.41) is 8.72. The van der Waals surface area contributed by atoms with E-state index in [4.69, 9.17) is 5.11 Å². The molecule has 1 N–H and O–H groups in total. The highest BCUT2D eigenvalue weighted by Crippen LogP contribution is 2.30. The highest BCUT2D eigenvalue weighted by Gasteiger charge is 2.28. The van der Waals surface area contributed by atoms with Gasteiger partial charge < -0.3 is 5.11 Å². The molecular weight excluding hydrogens is 150 g/mol. The second-order valence-corrected chi connectivity index (χ2v) is 2.43. The predicted molar refractivity (Wildman–Crippen MR) is 38.6 cm³/mol. The zero-order chi connectivity index (χ0) is 8.48. The van der Waals surface area contributed by atoms with Crippen LogP contribution in [0, 0.1) is 0 Å². The van der Waals surface area contributed by atoms with Crippen molar-refractivity contribution in [2.75, 3.05) is 0 Å². The van der Waals surface area contributed by atoms with E-state index in [0.29, 0.717) is 0 Å². The molecule has 0 aliphatic heterocycles. The smallest absolute Gasteiger partial charge is 0.153 e. The van der Waals surface area contributed by atoms with Crippen molar-refractivity contribution in [1.29, 1.82) is 0 Å². The highest BCUT2D eigenvalue weighted by molar-refractivity contribution is 5.29. The topological polar surface area (TPSA) is 20.2 Å². The molecule has 0 bridgehead atoms. The van der Waals surface area contributed by atoms with E-state index < -0.39 is 23.7 Å². The molecule has 1 unspecified atom stereocenters. The Labute approximate surface area is 63.3 Å². The third-order valence-corrected chi connectivity index (χ3v) is 1.56. The van der Waals surface area contributed by atoms with Crippen LogP contribution >= 0.6 is 0 Å². The van der Waals surface area contributed by atoms with Crippen molar-refractivity contribution < 1.29 is 13.9 Å². The van der Waals surface area contributed by atoms with Crippen LogP contribution in [0.15, 0.2) is 36.4 Å². The second-order valence-electron chi connectivity index (χ2n) is 2.43. The van der Waals surface area contributed by atoms with Gasteiger partial charge in [-0.25, -0.2) is 8.78 Å². The molecule has 0 aromatic rings. The summed E-state index contributed by atoms with van der Waals surface area (Å²) in [6.45, 7) is 3.22. The van der Waals surface area contributed by atoms with E-state index in [1.807, 2.05) is 0 Å². The van der Waals surface area contributed by atoms with Crippen LogP contribution in [0.5, 0.6) is 0 Å². The number of alkyl halides is 1. The Morgan fingerprint density at radius 2 is 2.36 bits per heavy atom. The molecule has 0 radical (unpaired) electrons. The number of hydrogen-bond donors (Lipinski definition) is 1. The van der Waals surface area contributed by atoms with Crippen LogP contribution in [-0.2, 0) is 0 Å². The van der Waals surface area contributed by atoms with Crippen LogP contribution in [0.3, 0.4) is 0 Å². The van der Waals surface area contributed by atoms with Crippen molar-refractivity contribution >= 4 is 0 Å². The minimum absolute atomic E-state index is 0.459. The van der Waals surface area contributed by atoms with Crippen molar-refractivity contribution in [3.8, 4) is 0 Å². The van der Waals surface area contributed by atoms with Crippen molar-refractivity contribution in [3.63, 3.8) is 0 Å². The molecule has 0 saturated carbocycles. The largest absolute Gasteiger partial charge is 0.505 e. The molecule has 1 rings (SSSR count). The van der Waals surface area contributed by atoms with Crippen LogP contribution in [0.4, 0.5) is 8.78 Å². The van der Waals surface area contributed by atoms with Gasteiger partial charge >= 0.3 is 0 Å². The molecule has 0 aromatic heterocycles. The lowest BCUT2D eigenvalue weighted by atomic mass is 9.96. The lowest BCUT2D eigenvalue weighted by molar-refractivity contribution is 0.260. The first-order chi connectivity index (χ1) is 5.07. The van der Waals surface area contributed by atoms with Crippen molar-refractivity contribution in [2.45, 2.75) is 12.1 Å². The van der Waals surface area contributed by atoms with E-state index in [1.165, 1.54) is 0 Å². The van der Waals surface area contributed by atoms with E-state index in [9.17, 15) is 8.78 Å². The minimum atomic E-state index is -1.84. The average Bonchev–Trinajstić information content (AvgIpc) is 1.98. The van der Waals surface area contributed by atoms with Gasteiger partial charge in [-0.15, -0.1) is 0 Å². The van der Waals surface area contributed by atoms with Crippen LogP contribution in [0.1, 0.15) is 6.42 Å². The zero-order valence-corrected chi connectivity index (χ0v) is 5.85. The van der Waals surface area contributed by atoms with Gasteiger partial charge in [0.1, 0.15) is 11.6 Å². The molecule has 1 nitrogen and oxygen atoms in total. The Kier molecular flexibility index (Phi) is 1.81. The van der Waals surface area contributed by atoms with Crippen LogP contribution in [0.25, 0.3) is 0 Å². The standard InChI is InChI=1S/C8H8F2O/c1-2-8(10)4-3-7(11)6(9)5-8/h2-4,11H,1,5H2. The van der Waals surface area contributed by atoms with Crippen molar-refractivity contribution in [3.05, 3.63) is 36.4 Å². The fourth-order valence-electron chi connectivity index (χ4n) is 0.835. The van der Waals surface area contributed by atoms with Gasteiger partial charge in [-0.2, -0.15) is 0 Å². The molecule has 1 aliphatic carbocycles. The summed E-state index contributed by atoms with van der Waals surface area (Å²) < 4.78 is 25.7. The molecule has 0 heterocycles. The summed E-state index contributed by atoms with van der Waals surface area (Å²) in [4.78, 5) is 0. The van der Waals surface area contributed by atoms with Crippen molar-refractivity contribution in [1.82, 2.24) is 0 Å². The SMILES string of the molecule is C=CC1(F)C=CC(O)=C(F)C1. The number of halogens is 2. The third-order valence-electron chi connectivity index (χ3n) is 1.56. The summed E-state index contributed by atoms with van der Waals surface area (Å²) in [5.74, 6) is -1.34.